The Morgan fingerprint density at radius 2 is 0.816 bits per heavy atom. The minimum atomic E-state index is -7.63. The standard InChI is InChI=1S/C19H7F18P/c1-2-3-38(19(36,37)17(31,32)16(29,30)18(33,34)35)15-5(8(22)11(25)13(27)14(15)28)4-6(20)9(23)12(26)10(24)7(4)21/h2-3H2,1H3. The molecule has 2 rings (SSSR count). The van der Waals surface area contributed by atoms with Gasteiger partial charge in [0.15, 0.2) is 46.5 Å². The van der Waals surface area contributed by atoms with E-state index in [-0.39, 0.29) is 0 Å². The van der Waals surface area contributed by atoms with Gasteiger partial charge in [-0.25, -0.2) is 39.5 Å². The number of hydrogen-bond donors (Lipinski definition) is 0. The van der Waals surface area contributed by atoms with E-state index in [0.717, 1.165) is 0 Å². The van der Waals surface area contributed by atoms with Crippen LogP contribution in [-0.4, -0.2) is 29.8 Å². The van der Waals surface area contributed by atoms with Crippen LogP contribution in [0, 0.1) is 52.4 Å². The first-order chi connectivity index (χ1) is 17.0. The van der Waals surface area contributed by atoms with Gasteiger partial charge in [0.1, 0.15) is 0 Å². The van der Waals surface area contributed by atoms with E-state index in [4.69, 9.17) is 0 Å². The van der Waals surface area contributed by atoms with Crippen LogP contribution in [0.1, 0.15) is 13.3 Å². The second kappa shape index (κ2) is 9.97. The molecule has 0 saturated carbocycles. The highest BCUT2D eigenvalue weighted by molar-refractivity contribution is 7.67. The SMILES string of the molecule is CCCP(c1c(F)c(F)c(F)c(F)c1-c1c(F)c(F)c(F)c(F)c1F)C(F)(F)C(F)(F)C(F)(F)C(F)(F)F. The minimum absolute atomic E-state index is 0.706. The van der Waals surface area contributed by atoms with Crippen LogP contribution in [0.3, 0.4) is 0 Å². The maximum Gasteiger partial charge on any atom is 0.460 e. The minimum Gasteiger partial charge on any atom is -0.203 e. The van der Waals surface area contributed by atoms with Crippen LogP contribution in [-0.2, 0) is 0 Å². The Kier molecular flexibility index (Phi) is 8.35. The van der Waals surface area contributed by atoms with Crippen LogP contribution in [0.15, 0.2) is 0 Å². The Hall–Kier alpha value is -2.39. The highest BCUT2D eigenvalue weighted by Crippen LogP contribution is 2.66. The molecule has 0 radical (unpaired) electrons. The van der Waals surface area contributed by atoms with Crippen molar-refractivity contribution in [2.75, 3.05) is 6.16 Å². The van der Waals surface area contributed by atoms with Gasteiger partial charge in [-0.3, -0.25) is 0 Å². The lowest BCUT2D eigenvalue weighted by atomic mass is 10.0. The maximum atomic E-state index is 14.8. The van der Waals surface area contributed by atoms with Crippen molar-refractivity contribution in [1.82, 2.24) is 0 Å². The van der Waals surface area contributed by atoms with Crippen molar-refractivity contribution in [3.63, 3.8) is 0 Å². The highest BCUT2D eigenvalue weighted by atomic mass is 31.1. The van der Waals surface area contributed by atoms with Crippen LogP contribution in [0.5, 0.6) is 0 Å². The van der Waals surface area contributed by atoms with E-state index in [0.29, 0.717) is 6.92 Å². The molecule has 19 heteroatoms. The van der Waals surface area contributed by atoms with Gasteiger partial charge >= 0.3 is 23.7 Å². The third kappa shape index (κ3) is 4.45. The summed E-state index contributed by atoms with van der Waals surface area (Å²) in [5, 5.41) is -2.84. The second-order valence-corrected chi connectivity index (χ2v) is 9.58. The lowest BCUT2D eigenvalue weighted by Gasteiger charge is -2.38. The molecule has 0 aliphatic carbocycles. The summed E-state index contributed by atoms with van der Waals surface area (Å²) in [5.74, 6) is -43.6. The smallest absolute Gasteiger partial charge is 0.203 e. The average Bonchev–Trinajstić information content (AvgIpc) is 2.81. The molecular formula is C19H7F18P. The summed E-state index contributed by atoms with van der Waals surface area (Å²) in [6.07, 6.45) is -10.3. The van der Waals surface area contributed by atoms with E-state index in [2.05, 4.69) is 0 Å². The lowest BCUT2D eigenvalue weighted by Crippen LogP contribution is -2.61. The van der Waals surface area contributed by atoms with Gasteiger partial charge in [0.25, 0.3) is 0 Å². The highest BCUT2D eigenvalue weighted by Gasteiger charge is 2.83. The van der Waals surface area contributed by atoms with E-state index in [1.807, 2.05) is 0 Å². The molecule has 1 atom stereocenters. The third-order valence-electron chi connectivity index (χ3n) is 4.89. The summed E-state index contributed by atoms with van der Waals surface area (Å²) < 4.78 is 249. The molecule has 0 nitrogen and oxygen atoms in total. The van der Waals surface area contributed by atoms with Crippen molar-refractivity contribution < 1.29 is 79.0 Å². The van der Waals surface area contributed by atoms with Crippen molar-refractivity contribution in [3.8, 4) is 11.1 Å². The van der Waals surface area contributed by atoms with Gasteiger partial charge in [-0.15, -0.1) is 0 Å². The largest absolute Gasteiger partial charge is 0.460 e. The van der Waals surface area contributed by atoms with Crippen LogP contribution in [0.4, 0.5) is 79.0 Å². The zero-order valence-corrected chi connectivity index (χ0v) is 18.6. The molecule has 2 aromatic carbocycles. The van der Waals surface area contributed by atoms with E-state index in [1.165, 1.54) is 0 Å². The van der Waals surface area contributed by atoms with E-state index in [1.54, 1.807) is 0 Å². The van der Waals surface area contributed by atoms with Crippen LogP contribution < -0.4 is 5.30 Å². The predicted molar refractivity (Wildman–Crippen MR) is 94.1 cm³/mol. The van der Waals surface area contributed by atoms with Crippen LogP contribution >= 0.6 is 7.92 Å². The summed E-state index contributed by atoms with van der Waals surface area (Å²) in [6.45, 7) is 0.706. The fourth-order valence-corrected chi connectivity index (χ4v) is 5.61. The topological polar surface area (TPSA) is 0 Å². The van der Waals surface area contributed by atoms with Gasteiger partial charge in [0, 0.05) is 18.8 Å². The normalized spacial score (nSPS) is 14.3. The van der Waals surface area contributed by atoms with Gasteiger partial charge in [0.05, 0.1) is 5.56 Å². The van der Waals surface area contributed by atoms with E-state index in [9.17, 15) is 79.0 Å². The molecule has 0 aliphatic rings. The number of alkyl halides is 9. The Balaban J connectivity index is 3.17. The summed E-state index contributed by atoms with van der Waals surface area (Å²) in [4.78, 5) is 0. The van der Waals surface area contributed by atoms with E-state index < -0.39 is 113 Å². The van der Waals surface area contributed by atoms with Crippen molar-refractivity contribution in [2.45, 2.75) is 37.0 Å². The Morgan fingerprint density at radius 1 is 0.474 bits per heavy atom. The van der Waals surface area contributed by atoms with Gasteiger partial charge in [-0.05, 0) is 6.16 Å². The van der Waals surface area contributed by atoms with Gasteiger partial charge < -0.3 is 0 Å². The first kappa shape index (κ1) is 31.8. The molecule has 1 unspecified atom stereocenters. The molecule has 214 valence electrons. The Morgan fingerprint density at radius 3 is 1.18 bits per heavy atom. The molecule has 0 aliphatic heterocycles. The molecular weight excluding hydrogens is 601 g/mol. The second-order valence-electron chi connectivity index (χ2n) is 7.26. The van der Waals surface area contributed by atoms with Crippen molar-refractivity contribution in [2.24, 2.45) is 0 Å². The molecule has 0 aromatic heterocycles. The Labute approximate surface area is 200 Å². The fourth-order valence-electron chi connectivity index (χ4n) is 3.08. The quantitative estimate of drug-likeness (QED) is 0.128. The maximum absolute atomic E-state index is 14.8. The van der Waals surface area contributed by atoms with E-state index >= 15 is 0 Å². The molecule has 0 amide bonds. The number of hydrogen-bond acceptors (Lipinski definition) is 0. The number of benzene rings is 2. The zero-order chi connectivity index (χ0) is 29.9. The van der Waals surface area contributed by atoms with Crippen molar-refractivity contribution in [3.05, 3.63) is 52.4 Å². The first-order valence-corrected chi connectivity index (χ1v) is 10.9. The first-order valence-electron chi connectivity index (χ1n) is 9.37. The zero-order valence-electron chi connectivity index (χ0n) is 17.7. The van der Waals surface area contributed by atoms with Gasteiger partial charge in [-0.2, -0.15) is 39.5 Å². The van der Waals surface area contributed by atoms with Gasteiger partial charge in [-0.1, -0.05) is 13.3 Å². The lowest BCUT2D eigenvalue weighted by molar-refractivity contribution is -0.382. The Bertz CT molecular complexity index is 1220. The van der Waals surface area contributed by atoms with Crippen LogP contribution in [0.25, 0.3) is 11.1 Å². The molecule has 0 bridgehead atoms. The monoisotopic (exact) mass is 608 g/mol. The van der Waals surface area contributed by atoms with Crippen molar-refractivity contribution >= 4 is 13.2 Å². The summed E-state index contributed by atoms with van der Waals surface area (Å²) in [7, 11) is -5.22. The molecule has 2 aromatic rings. The third-order valence-corrected chi connectivity index (χ3v) is 7.70. The summed E-state index contributed by atoms with van der Waals surface area (Å²) >= 11 is 0. The number of halogens is 18. The summed E-state index contributed by atoms with van der Waals surface area (Å²) in [5.41, 5.74) is -12.5. The fraction of sp³-hybridized carbons (Fsp3) is 0.368. The molecule has 0 fully saturated rings. The van der Waals surface area contributed by atoms with Crippen LogP contribution in [0.2, 0.25) is 0 Å². The molecule has 38 heavy (non-hydrogen) atoms. The number of rotatable bonds is 7. The average molecular weight is 608 g/mol. The molecule has 0 heterocycles. The van der Waals surface area contributed by atoms with Gasteiger partial charge in [0.2, 0.25) is 5.82 Å². The molecule has 0 N–H and O–H groups in total. The summed E-state index contributed by atoms with van der Waals surface area (Å²) in [6, 6.07) is 0. The predicted octanol–water partition coefficient (Wildman–Crippen LogP) is 8.55. The van der Waals surface area contributed by atoms with Crippen molar-refractivity contribution in [1.29, 1.82) is 0 Å². The molecule has 0 spiro atoms. The molecule has 0 saturated heterocycles.